The Morgan fingerprint density at radius 3 is 2.13 bits per heavy atom. The SMILES string of the molecule is CCc1cccc(CC)c1NP(=O)(O)S. The number of benzene rings is 1. The Bertz CT molecular complexity index is 367. The Labute approximate surface area is 95.6 Å². The average Bonchev–Trinajstić information content (AvgIpc) is 2.16. The van der Waals surface area contributed by atoms with Gasteiger partial charge >= 0.3 is 6.72 Å². The van der Waals surface area contributed by atoms with Gasteiger partial charge in [0.1, 0.15) is 0 Å². The molecule has 0 radical (unpaired) electrons. The maximum absolute atomic E-state index is 11.2. The molecule has 1 rings (SSSR count). The number of para-hydroxylation sites is 1. The Morgan fingerprint density at radius 2 is 1.80 bits per heavy atom. The Morgan fingerprint density at radius 1 is 1.33 bits per heavy atom. The van der Waals surface area contributed by atoms with E-state index in [9.17, 15) is 9.46 Å². The van der Waals surface area contributed by atoms with Crippen LogP contribution in [-0.4, -0.2) is 4.89 Å². The topological polar surface area (TPSA) is 49.3 Å². The van der Waals surface area contributed by atoms with Crippen LogP contribution in [0, 0.1) is 0 Å². The molecule has 0 spiro atoms. The second-order valence-electron chi connectivity index (χ2n) is 3.31. The minimum atomic E-state index is -3.52. The molecule has 0 saturated heterocycles. The maximum atomic E-state index is 11.2. The molecule has 3 nitrogen and oxygen atoms in total. The molecule has 0 fully saturated rings. The van der Waals surface area contributed by atoms with Crippen molar-refractivity contribution in [2.45, 2.75) is 26.7 Å². The van der Waals surface area contributed by atoms with E-state index in [0.29, 0.717) is 0 Å². The highest BCUT2D eigenvalue weighted by molar-refractivity contribution is 8.46. The van der Waals surface area contributed by atoms with Crippen LogP contribution in [0.4, 0.5) is 5.69 Å². The third kappa shape index (κ3) is 3.56. The van der Waals surface area contributed by atoms with Crippen LogP contribution in [0.15, 0.2) is 18.2 Å². The highest BCUT2D eigenvalue weighted by Gasteiger charge is 2.15. The van der Waals surface area contributed by atoms with Gasteiger partial charge in [0, 0.05) is 5.69 Å². The van der Waals surface area contributed by atoms with Gasteiger partial charge in [-0.25, -0.2) is 0 Å². The first-order valence-electron chi connectivity index (χ1n) is 4.92. The van der Waals surface area contributed by atoms with Gasteiger partial charge in [0.15, 0.2) is 0 Å². The van der Waals surface area contributed by atoms with Gasteiger partial charge in [0.2, 0.25) is 0 Å². The summed E-state index contributed by atoms with van der Waals surface area (Å²) in [5.74, 6) is 0. The molecule has 1 aromatic rings. The van der Waals surface area contributed by atoms with Crippen molar-refractivity contribution in [3.63, 3.8) is 0 Å². The second kappa shape index (κ2) is 5.06. The monoisotopic (exact) mass is 245 g/mol. The van der Waals surface area contributed by atoms with Gasteiger partial charge in [-0.15, -0.1) is 0 Å². The minimum Gasteiger partial charge on any atom is -0.322 e. The van der Waals surface area contributed by atoms with Crippen LogP contribution in [0.3, 0.4) is 0 Å². The first-order valence-corrected chi connectivity index (χ1v) is 7.73. The lowest BCUT2D eigenvalue weighted by Gasteiger charge is -2.16. The first kappa shape index (κ1) is 12.6. The highest BCUT2D eigenvalue weighted by atomic mass is 32.7. The van der Waals surface area contributed by atoms with Crippen molar-refractivity contribution in [1.82, 2.24) is 0 Å². The summed E-state index contributed by atoms with van der Waals surface area (Å²) in [6.07, 6.45) is 1.65. The smallest absolute Gasteiger partial charge is 0.322 e. The Kier molecular flexibility index (Phi) is 4.26. The summed E-state index contributed by atoms with van der Waals surface area (Å²) in [5, 5.41) is 2.60. The van der Waals surface area contributed by atoms with Crippen LogP contribution in [0.5, 0.6) is 0 Å². The fourth-order valence-corrected chi connectivity index (χ4v) is 2.41. The molecule has 15 heavy (non-hydrogen) atoms. The van der Waals surface area contributed by atoms with Crippen molar-refractivity contribution in [2.24, 2.45) is 0 Å². The summed E-state index contributed by atoms with van der Waals surface area (Å²) in [6.45, 7) is 0.506. The van der Waals surface area contributed by atoms with E-state index in [1.54, 1.807) is 0 Å². The fraction of sp³-hybridized carbons (Fsp3) is 0.400. The van der Waals surface area contributed by atoms with E-state index in [-0.39, 0.29) is 0 Å². The zero-order chi connectivity index (χ0) is 11.5. The molecule has 0 amide bonds. The lowest BCUT2D eigenvalue weighted by atomic mass is 10.0. The number of thiol groups is 1. The predicted octanol–water partition coefficient (Wildman–Crippen LogP) is 3.25. The largest absolute Gasteiger partial charge is 0.345 e. The van der Waals surface area contributed by atoms with E-state index in [1.807, 2.05) is 32.0 Å². The standard InChI is InChI=1S/C10H16NO2PS/c1-3-8-6-5-7-9(4-2)10(8)11-14(12,13)15/h5-7H,3-4H2,1-2H3,(H3,11,12,13,15). The fourth-order valence-electron chi connectivity index (χ4n) is 1.53. The zero-order valence-electron chi connectivity index (χ0n) is 8.90. The van der Waals surface area contributed by atoms with E-state index in [1.165, 1.54) is 0 Å². The number of aryl methyl sites for hydroxylation is 2. The van der Waals surface area contributed by atoms with Crippen molar-refractivity contribution >= 4 is 24.7 Å². The normalized spacial score (nSPS) is 14.7. The van der Waals surface area contributed by atoms with Gasteiger partial charge < -0.3 is 9.98 Å². The molecule has 0 aliphatic heterocycles. The molecule has 0 aromatic heterocycles. The van der Waals surface area contributed by atoms with Crippen LogP contribution in [0.1, 0.15) is 25.0 Å². The summed E-state index contributed by atoms with van der Waals surface area (Å²) in [7, 11) is 0. The zero-order valence-corrected chi connectivity index (χ0v) is 10.7. The number of hydrogen-bond donors (Lipinski definition) is 3. The van der Waals surface area contributed by atoms with Crippen LogP contribution >= 0.6 is 19.0 Å². The quantitative estimate of drug-likeness (QED) is 0.563. The van der Waals surface area contributed by atoms with Crippen molar-refractivity contribution in [3.8, 4) is 0 Å². The van der Waals surface area contributed by atoms with E-state index >= 15 is 0 Å². The number of rotatable bonds is 4. The molecule has 0 aliphatic rings. The molecular weight excluding hydrogens is 229 g/mol. The van der Waals surface area contributed by atoms with Crippen LogP contribution in [0.25, 0.3) is 0 Å². The Hall–Kier alpha value is -0.440. The second-order valence-corrected chi connectivity index (χ2v) is 6.25. The van der Waals surface area contributed by atoms with Crippen LogP contribution < -0.4 is 5.09 Å². The molecule has 0 heterocycles. The molecule has 0 saturated carbocycles. The number of anilines is 1. The molecular formula is C10H16NO2PS. The summed E-state index contributed by atoms with van der Waals surface area (Å²) < 4.78 is 11.2. The van der Waals surface area contributed by atoms with Gasteiger partial charge in [-0.05, 0) is 24.0 Å². The van der Waals surface area contributed by atoms with E-state index < -0.39 is 6.72 Å². The summed E-state index contributed by atoms with van der Waals surface area (Å²) in [6, 6.07) is 5.86. The Balaban J connectivity index is 3.16. The number of hydrogen-bond acceptors (Lipinski definition) is 1. The third-order valence-corrected chi connectivity index (χ3v) is 3.07. The van der Waals surface area contributed by atoms with Crippen molar-refractivity contribution in [3.05, 3.63) is 29.3 Å². The lowest BCUT2D eigenvalue weighted by Crippen LogP contribution is -2.00. The van der Waals surface area contributed by atoms with E-state index in [2.05, 4.69) is 17.3 Å². The average molecular weight is 245 g/mol. The van der Waals surface area contributed by atoms with Gasteiger partial charge in [-0.2, -0.15) is 0 Å². The highest BCUT2D eigenvalue weighted by Crippen LogP contribution is 2.46. The molecule has 84 valence electrons. The minimum absolute atomic E-state index is 0.753. The van der Waals surface area contributed by atoms with E-state index in [4.69, 9.17) is 0 Å². The van der Waals surface area contributed by atoms with Gasteiger partial charge in [-0.3, -0.25) is 4.57 Å². The number of nitrogens with one attached hydrogen (secondary N) is 1. The first-order chi connectivity index (χ1) is 6.98. The van der Waals surface area contributed by atoms with Crippen LogP contribution in [0.2, 0.25) is 0 Å². The molecule has 1 atom stereocenters. The predicted molar refractivity (Wildman–Crippen MR) is 67.6 cm³/mol. The molecule has 0 aliphatic carbocycles. The molecule has 5 heteroatoms. The molecule has 0 bridgehead atoms. The summed E-state index contributed by atoms with van der Waals surface area (Å²) in [5.41, 5.74) is 2.83. The molecule has 1 unspecified atom stereocenters. The van der Waals surface area contributed by atoms with Crippen LogP contribution in [-0.2, 0) is 17.4 Å². The summed E-state index contributed by atoms with van der Waals surface area (Å²) >= 11 is 3.64. The van der Waals surface area contributed by atoms with Crippen molar-refractivity contribution in [2.75, 3.05) is 5.09 Å². The van der Waals surface area contributed by atoms with Crippen molar-refractivity contribution < 1.29 is 9.46 Å². The summed E-state index contributed by atoms with van der Waals surface area (Å²) in [4.78, 5) is 9.22. The van der Waals surface area contributed by atoms with Gasteiger partial charge in [0.05, 0.1) is 0 Å². The maximum Gasteiger partial charge on any atom is 0.345 e. The van der Waals surface area contributed by atoms with Gasteiger partial charge in [0.25, 0.3) is 0 Å². The van der Waals surface area contributed by atoms with Gasteiger partial charge in [-0.1, -0.05) is 44.3 Å². The molecule has 2 N–H and O–H groups in total. The van der Waals surface area contributed by atoms with Crippen molar-refractivity contribution in [1.29, 1.82) is 0 Å². The van der Waals surface area contributed by atoms with E-state index in [0.717, 1.165) is 29.7 Å². The molecule has 1 aromatic carbocycles. The third-order valence-electron chi connectivity index (χ3n) is 2.26. The lowest BCUT2D eigenvalue weighted by molar-refractivity contribution is 0.503.